The van der Waals surface area contributed by atoms with Crippen molar-refractivity contribution in [2.24, 2.45) is 5.73 Å². The number of hydrogen-bond acceptors (Lipinski definition) is 1. The Hall–Kier alpha value is -0.730. The number of primary amides is 1. The molecule has 0 rings (SSSR count). The minimum Gasteiger partial charge on any atom is -0.352 e. The predicted molar refractivity (Wildman–Crippen MR) is 32.2 cm³/mol. The molecule has 0 saturated carbocycles. The summed E-state index contributed by atoms with van der Waals surface area (Å²) in [6.07, 6.45) is 0. The molecule has 47 valence electrons. The zero-order valence-corrected chi connectivity index (χ0v) is 5.19. The van der Waals surface area contributed by atoms with Crippen molar-refractivity contribution in [1.82, 2.24) is 5.32 Å². The van der Waals surface area contributed by atoms with E-state index in [1.807, 2.05) is 0 Å². The van der Waals surface area contributed by atoms with Gasteiger partial charge in [-0.2, -0.15) is 0 Å². The standard InChI is InChI=1S/C5H11N2O/c1-5(2,3)7-4(6)8/h1H2,2-3H3,(H3,6,7,8). The second-order valence-corrected chi connectivity index (χ2v) is 2.37. The smallest absolute Gasteiger partial charge is 0.312 e. The molecule has 0 aliphatic rings. The molecule has 0 aromatic heterocycles. The Labute approximate surface area is 49.3 Å². The van der Waals surface area contributed by atoms with Gasteiger partial charge in [0.25, 0.3) is 0 Å². The first-order chi connectivity index (χ1) is 3.42. The van der Waals surface area contributed by atoms with Crippen LogP contribution in [0.4, 0.5) is 4.79 Å². The fraction of sp³-hybridized carbons (Fsp3) is 0.600. The third kappa shape index (κ3) is 5.27. The summed E-state index contributed by atoms with van der Waals surface area (Å²) >= 11 is 0. The summed E-state index contributed by atoms with van der Waals surface area (Å²) in [4.78, 5) is 10.1. The van der Waals surface area contributed by atoms with E-state index in [-0.39, 0.29) is 0 Å². The maximum atomic E-state index is 10.1. The molecular weight excluding hydrogens is 104 g/mol. The quantitative estimate of drug-likeness (QED) is 0.506. The van der Waals surface area contributed by atoms with Crippen LogP contribution in [0.15, 0.2) is 0 Å². The van der Waals surface area contributed by atoms with Gasteiger partial charge in [0, 0.05) is 5.54 Å². The van der Waals surface area contributed by atoms with Gasteiger partial charge < -0.3 is 11.1 Å². The van der Waals surface area contributed by atoms with Crippen LogP contribution in [0.5, 0.6) is 0 Å². The molecular formula is C5H11N2O. The number of rotatable bonds is 1. The van der Waals surface area contributed by atoms with Crippen molar-refractivity contribution in [1.29, 1.82) is 0 Å². The van der Waals surface area contributed by atoms with Gasteiger partial charge >= 0.3 is 6.03 Å². The third-order valence-corrected chi connectivity index (χ3v) is 0.462. The number of nitrogens with one attached hydrogen (secondary N) is 1. The fourth-order valence-corrected chi connectivity index (χ4v) is 0.334. The molecule has 0 heterocycles. The van der Waals surface area contributed by atoms with E-state index in [0.29, 0.717) is 0 Å². The van der Waals surface area contributed by atoms with Gasteiger partial charge in [-0.3, -0.25) is 0 Å². The number of nitrogens with two attached hydrogens (primary N) is 1. The molecule has 1 radical (unpaired) electrons. The summed E-state index contributed by atoms with van der Waals surface area (Å²) in [5.41, 5.74) is 4.34. The number of hydrogen-bond donors (Lipinski definition) is 2. The van der Waals surface area contributed by atoms with Crippen LogP contribution in [-0.2, 0) is 0 Å². The molecule has 0 spiro atoms. The van der Waals surface area contributed by atoms with Gasteiger partial charge in [0.2, 0.25) is 0 Å². The normalized spacial score (nSPS) is 10.9. The average Bonchev–Trinajstić information content (AvgIpc) is 1.21. The fourth-order valence-electron chi connectivity index (χ4n) is 0.334. The zero-order chi connectivity index (χ0) is 6.78. The molecule has 0 fully saturated rings. The largest absolute Gasteiger partial charge is 0.352 e. The molecule has 0 aliphatic heterocycles. The summed E-state index contributed by atoms with van der Waals surface area (Å²) in [6, 6.07) is -0.537. The minimum atomic E-state index is -0.537. The Kier molecular flexibility index (Phi) is 1.84. The van der Waals surface area contributed by atoms with Crippen LogP contribution in [0, 0.1) is 6.92 Å². The van der Waals surface area contributed by atoms with E-state index < -0.39 is 11.6 Å². The van der Waals surface area contributed by atoms with Crippen molar-refractivity contribution in [2.75, 3.05) is 0 Å². The van der Waals surface area contributed by atoms with Gasteiger partial charge in [0.05, 0.1) is 0 Å². The highest BCUT2D eigenvalue weighted by Gasteiger charge is 2.09. The lowest BCUT2D eigenvalue weighted by molar-refractivity contribution is 0.242. The van der Waals surface area contributed by atoms with Crippen LogP contribution in [0.25, 0.3) is 0 Å². The third-order valence-electron chi connectivity index (χ3n) is 0.462. The van der Waals surface area contributed by atoms with Crippen molar-refractivity contribution >= 4 is 6.03 Å². The summed E-state index contributed by atoms with van der Waals surface area (Å²) < 4.78 is 0. The van der Waals surface area contributed by atoms with E-state index >= 15 is 0 Å². The highest BCUT2D eigenvalue weighted by molar-refractivity contribution is 5.72. The van der Waals surface area contributed by atoms with Gasteiger partial charge in [0.1, 0.15) is 0 Å². The van der Waals surface area contributed by atoms with E-state index in [2.05, 4.69) is 12.2 Å². The van der Waals surface area contributed by atoms with E-state index in [9.17, 15) is 4.79 Å². The predicted octanol–water partition coefficient (Wildman–Crippen LogP) is 0.267. The number of amides is 2. The van der Waals surface area contributed by atoms with Crippen LogP contribution < -0.4 is 11.1 Å². The molecule has 0 bridgehead atoms. The topological polar surface area (TPSA) is 55.1 Å². The van der Waals surface area contributed by atoms with Crippen LogP contribution in [-0.4, -0.2) is 11.6 Å². The number of urea groups is 1. The summed E-state index contributed by atoms with van der Waals surface area (Å²) in [6.45, 7) is 7.12. The maximum Gasteiger partial charge on any atom is 0.312 e. The zero-order valence-electron chi connectivity index (χ0n) is 5.19. The van der Waals surface area contributed by atoms with E-state index in [4.69, 9.17) is 5.73 Å². The highest BCUT2D eigenvalue weighted by Crippen LogP contribution is 1.95. The Bertz CT molecular complexity index is 93.1. The van der Waals surface area contributed by atoms with E-state index in [0.717, 1.165) is 0 Å². The molecule has 0 saturated heterocycles. The van der Waals surface area contributed by atoms with Gasteiger partial charge in [0.15, 0.2) is 0 Å². The van der Waals surface area contributed by atoms with Gasteiger partial charge in [-0.1, -0.05) is 0 Å². The average molecular weight is 115 g/mol. The first-order valence-corrected chi connectivity index (χ1v) is 2.35. The SMILES string of the molecule is [CH2]C(C)(C)NC(N)=O. The Morgan fingerprint density at radius 3 is 2.12 bits per heavy atom. The second kappa shape index (κ2) is 2.03. The molecule has 3 heteroatoms. The maximum absolute atomic E-state index is 10.1. The monoisotopic (exact) mass is 115 g/mol. The molecule has 2 amide bonds. The Balaban J connectivity index is 3.55. The van der Waals surface area contributed by atoms with Crippen molar-refractivity contribution in [3.63, 3.8) is 0 Å². The summed E-state index contributed by atoms with van der Waals surface area (Å²) in [5.74, 6) is 0. The first-order valence-electron chi connectivity index (χ1n) is 2.35. The minimum absolute atomic E-state index is 0.453. The molecule has 0 unspecified atom stereocenters. The molecule has 0 aromatic rings. The summed E-state index contributed by atoms with van der Waals surface area (Å²) in [5, 5.41) is 2.41. The van der Waals surface area contributed by atoms with Crippen LogP contribution >= 0.6 is 0 Å². The van der Waals surface area contributed by atoms with Crippen LogP contribution in [0.2, 0.25) is 0 Å². The lowest BCUT2D eigenvalue weighted by atomic mass is 10.1. The van der Waals surface area contributed by atoms with Crippen LogP contribution in [0.3, 0.4) is 0 Å². The van der Waals surface area contributed by atoms with Gasteiger partial charge in [-0.05, 0) is 20.8 Å². The van der Waals surface area contributed by atoms with Crippen LogP contribution in [0.1, 0.15) is 13.8 Å². The molecule has 8 heavy (non-hydrogen) atoms. The first kappa shape index (κ1) is 7.27. The highest BCUT2D eigenvalue weighted by atomic mass is 16.2. The number of carbonyl (C=O) groups excluding carboxylic acids is 1. The van der Waals surface area contributed by atoms with Crippen molar-refractivity contribution in [2.45, 2.75) is 19.4 Å². The Morgan fingerprint density at radius 1 is 1.75 bits per heavy atom. The van der Waals surface area contributed by atoms with Gasteiger partial charge in [-0.25, -0.2) is 4.79 Å². The second-order valence-electron chi connectivity index (χ2n) is 2.37. The molecule has 0 aliphatic carbocycles. The lowest BCUT2D eigenvalue weighted by Crippen LogP contribution is -2.43. The van der Waals surface area contributed by atoms with E-state index in [1.165, 1.54) is 0 Å². The summed E-state index contributed by atoms with van der Waals surface area (Å²) in [7, 11) is 0. The van der Waals surface area contributed by atoms with Crippen molar-refractivity contribution < 1.29 is 4.79 Å². The molecule has 3 nitrogen and oxygen atoms in total. The number of carbonyl (C=O) groups is 1. The molecule has 0 aromatic carbocycles. The van der Waals surface area contributed by atoms with Crippen molar-refractivity contribution in [3.05, 3.63) is 6.92 Å². The molecule has 0 atom stereocenters. The van der Waals surface area contributed by atoms with Crippen molar-refractivity contribution in [3.8, 4) is 0 Å². The molecule has 3 N–H and O–H groups in total. The Morgan fingerprint density at radius 2 is 2.12 bits per heavy atom. The van der Waals surface area contributed by atoms with E-state index in [1.54, 1.807) is 13.8 Å². The lowest BCUT2D eigenvalue weighted by Gasteiger charge is -2.17. The van der Waals surface area contributed by atoms with Gasteiger partial charge in [-0.15, -0.1) is 0 Å².